The standard InChI is InChI=1S/C23H28N4O3S/c1-18-4-9-22(19(2)16-18)31(29,30)25-11-10-23(28)27-13-3-12-26(14-15-27)21-7-5-20(17-24)6-8-21/h4-9,16,25H,3,10-15H2,1-2H3. The largest absolute Gasteiger partial charge is 0.370 e. The lowest BCUT2D eigenvalue weighted by Gasteiger charge is -2.24. The molecule has 0 saturated carbocycles. The van der Waals surface area contributed by atoms with Gasteiger partial charge in [-0.2, -0.15) is 5.26 Å². The van der Waals surface area contributed by atoms with Crippen molar-refractivity contribution in [3.8, 4) is 6.07 Å². The van der Waals surface area contributed by atoms with Gasteiger partial charge in [0.25, 0.3) is 0 Å². The van der Waals surface area contributed by atoms with Crippen molar-refractivity contribution in [2.24, 2.45) is 0 Å². The van der Waals surface area contributed by atoms with Crippen LogP contribution in [0, 0.1) is 25.2 Å². The summed E-state index contributed by atoms with van der Waals surface area (Å²) in [6, 6.07) is 14.8. The Kier molecular flexibility index (Phi) is 7.31. The Morgan fingerprint density at radius 1 is 1.06 bits per heavy atom. The van der Waals surface area contributed by atoms with Gasteiger partial charge in [-0.15, -0.1) is 0 Å². The number of hydrogen-bond donors (Lipinski definition) is 1. The molecule has 0 atom stereocenters. The molecule has 1 N–H and O–H groups in total. The third-order valence-corrected chi connectivity index (χ3v) is 7.08. The molecule has 31 heavy (non-hydrogen) atoms. The Morgan fingerprint density at radius 2 is 1.81 bits per heavy atom. The van der Waals surface area contributed by atoms with E-state index < -0.39 is 10.0 Å². The van der Waals surface area contributed by atoms with Gasteiger partial charge in [0.05, 0.1) is 16.5 Å². The second kappa shape index (κ2) is 9.94. The molecule has 7 nitrogen and oxygen atoms in total. The lowest BCUT2D eigenvalue weighted by molar-refractivity contribution is -0.130. The fraction of sp³-hybridized carbons (Fsp3) is 0.391. The van der Waals surface area contributed by atoms with Gasteiger partial charge >= 0.3 is 0 Å². The van der Waals surface area contributed by atoms with Crippen LogP contribution in [0.4, 0.5) is 5.69 Å². The smallest absolute Gasteiger partial charge is 0.240 e. The van der Waals surface area contributed by atoms with Gasteiger partial charge in [-0.1, -0.05) is 17.7 Å². The molecule has 0 aliphatic carbocycles. The molecule has 0 radical (unpaired) electrons. The molecular formula is C23H28N4O3S. The van der Waals surface area contributed by atoms with Gasteiger partial charge < -0.3 is 9.80 Å². The minimum absolute atomic E-state index is 0.0509. The van der Waals surface area contributed by atoms with Crippen LogP contribution in [-0.4, -0.2) is 51.9 Å². The topological polar surface area (TPSA) is 93.5 Å². The number of benzene rings is 2. The molecule has 3 rings (SSSR count). The Bertz CT molecular complexity index is 1070. The van der Waals surface area contributed by atoms with Gasteiger partial charge in [-0.3, -0.25) is 4.79 Å². The molecule has 0 aromatic heterocycles. The highest BCUT2D eigenvalue weighted by Gasteiger charge is 2.21. The lowest BCUT2D eigenvalue weighted by Crippen LogP contribution is -2.37. The van der Waals surface area contributed by atoms with Crippen molar-refractivity contribution in [1.29, 1.82) is 5.26 Å². The third kappa shape index (κ3) is 5.84. The summed E-state index contributed by atoms with van der Waals surface area (Å²) in [5.74, 6) is -0.0509. The zero-order valence-electron chi connectivity index (χ0n) is 18.0. The summed E-state index contributed by atoms with van der Waals surface area (Å²) >= 11 is 0. The van der Waals surface area contributed by atoms with Gasteiger partial charge in [0.15, 0.2) is 0 Å². The number of hydrogen-bond acceptors (Lipinski definition) is 5. The Labute approximate surface area is 184 Å². The van der Waals surface area contributed by atoms with Crippen molar-refractivity contribution >= 4 is 21.6 Å². The van der Waals surface area contributed by atoms with Crippen molar-refractivity contribution < 1.29 is 13.2 Å². The van der Waals surface area contributed by atoms with Crippen LogP contribution in [0.25, 0.3) is 0 Å². The molecule has 0 bridgehead atoms. The highest BCUT2D eigenvalue weighted by atomic mass is 32.2. The molecule has 2 aromatic rings. The maximum absolute atomic E-state index is 12.6. The summed E-state index contributed by atoms with van der Waals surface area (Å²) in [6.07, 6.45) is 0.959. The molecule has 164 valence electrons. The van der Waals surface area contributed by atoms with E-state index >= 15 is 0 Å². The SMILES string of the molecule is Cc1ccc(S(=O)(=O)NCCC(=O)N2CCCN(c3ccc(C#N)cc3)CC2)c(C)c1. The molecular weight excluding hydrogens is 412 g/mol. The number of rotatable bonds is 6. The van der Waals surface area contributed by atoms with Crippen LogP contribution in [0.1, 0.15) is 29.5 Å². The molecule has 1 aliphatic rings. The van der Waals surface area contributed by atoms with Crippen LogP contribution in [0.15, 0.2) is 47.4 Å². The molecule has 0 unspecified atom stereocenters. The van der Waals surface area contributed by atoms with Crippen LogP contribution in [0.5, 0.6) is 0 Å². The maximum atomic E-state index is 12.6. The van der Waals surface area contributed by atoms with Crippen molar-refractivity contribution in [2.75, 3.05) is 37.6 Å². The number of carbonyl (C=O) groups is 1. The Morgan fingerprint density at radius 3 is 2.48 bits per heavy atom. The minimum Gasteiger partial charge on any atom is -0.370 e. The van der Waals surface area contributed by atoms with Gasteiger partial charge in [0.1, 0.15) is 0 Å². The van der Waals surface area contributed by atoms with E-state index in [1.54, 1.807) is 36.1 Å². The molecule has 1 saturated heterocycles. The van der Waals surface area contributed by atoms with Crippen molar-refractivity contribution in [3.05, 3.63) is 59.2 Å². The number of nitrogens with one attached hydrogen (secondary N) is 1. The number of aryl methyl sites for hydroxylation is 2. The summed E-state index contributed by atoms with van der Waals surface area (Å²) in [5, 5.41) is 8.94. The average molecular weight is 441 g/mol. The first-order valence-corrected chi connectivity index (χ1v) is 11.9. The molecule has 1 heterocycles. The summed E-state index contributed by atoms with van der Waals surface area (Å²) in [6.45, 7) is 6.52. The first-order valence-electron chi connectivity index (χ1n) is 10.4. The van der Waals surface area contributed by atoms with Crippen LogP contribution >= 0.6 is 0 Å². The quantitative estimate of drug-likeness (QED) is 0.745. The Balaban J connectivity index is 1.52. The van der Waals surface area contributed by atoms with E-state index in [2.05, 4.69) is 15.7 Å². The normalized spacial score (nSPS) is 14.7. The van der Waals surface area contributed by atoms with Gasteiger partial charge in [0.2, 0.25) is 15.9 Å². The summed E-state index contributed by atoms with van der Waals surface area (Å²) in [5.41, 5.74) is 3.35. The van der Waals surface area contributed by atoms with E-state index in [0.29, 0.717) is 30.8 Å². The number of nitriles is 1. The molecule has 1 aliphatic heterocycles. The average Bonchev–Trinajstić information content (AvgIpc) is 3.00. The molecule has 1 amide bonds. The zero-order valence-corrected chi connectivity index (χ0v) is 18.8. The second-order valence-corrected chi connectivity index (χ2v) is 9.53. The molecule has 1 fully saturated rings. The number of carbonyl (C=O) groups excluding carboxylic acids is 1. The zero-order chi connectivity index (χ0) is 22.4. The third-order valence-electron chi connectivity index (χ3n) is 5.46. The van der Waals surface area contributed by atoms with Gasteiger partial charge in [-0.25, -0.2) is 13.1 Å². The number of nitrogens with zero attached hydrogens (tertiary/aromatic N) is 3. The van der Waals surface area contributed by atoms with Crippen molar-refractivity contribution in [1.82, 2.24) is 9.62 Å². The van der Waals surface area contributed by atoms with Crippen molar-refractivity contribution in [2.45, 2.75) is 31.6 Å². The van der Waals surface area contributed by atoms with E-state index in [1.807, 2.05) is 25.1 Å². The van der Waals surface area contributed by atoms with E-state index in [9.17, 15) is 13.2 Å². The minimum atomic E-state index is -3.64. The first kappa shape index (κ1) is 22.8. The van der Waals surface area contributed by atoms with Crippen LogP contribution in [0.2, 0.25) is 0 Å². The fourth-order valence-electron chi connectivity index (χ4n) is 3.80. The summed E-state index contributed by atoms with van der Waals surface area (Å²) < 4.78 is 27.7. The van der Waals surface area contributed by atoms with E-state index in [-0.39, 0.29) is 23.8 Å². The van der Waals surface area contributed by atoms with Crippen LogP contribution in [-0.2, 0) is 14.8 Å². The van der Waals surface area contributed by atoms with E-state index in [1.165, 1.54) is 0 Å². The first-order chi connectivity index (χ1) is 14.8. The maximum Gasteiger partial charge on any atom is 0.240 e. The predicted molar refractivity (Wildman–Crippen MR) is 120 cm³/mol. The van der Waals surface area contributed by atoms with E-state index in [0.717, 1.165) is 24.2 Å². The van der Waals surface area contributed by atoms with Crippen LogP contribution in [0.3, 0.4) is 0 Å². The van der Waals surface area contributed by atoms with Crippen molar-refractivity contribution in [3.63, 3.8) is 0 Å². The molecule has 0 spiro atoms. The molecule has 2 aromatic carbocycles. The fourth-order valence-corrected chi connectivity index (χ4v) is 5.06. The second-order valence-electron chi connectivity index (χ2n) is 7.80. The van der Waals surface area contributed by atoms with Gasteiger partial charge in [-0.05, 0) is 56.2 Å². The lowest BCUT2D eigenvalue weighted by atomic mass is 10.2. The molecule has 8 heteroatoms. The summed E-state index contributed by atoms with van der Waals surface area (Å²) in [4.78, 5) is 16.9. The van der Waals surface area contributed by atoms with E-state index in [4.69, 9.17) is 5.26 Å². The van der Waals surface area contributed by atoms with Gasteiger partial charge in [0, 0.05) is 44.8 Å². The monoisotopic (exact) mass is 440 g/mol. The Hall–Kier alpha value is -2.89. The highest BCUT2D eigenvalue weighted by molar-refractivity contribution is 7.89. The number of anilines is 1. The predicted octanol–water partition coefficient (Wildman–Crippen LogP) is 2.58. The number of sulfonamides is 1. The van der Waals surface area contributed by atoms with Crippen LogP contribution < -0.4 is 9.62 Å². The summed E-state index contributed by atoms with van der Waals surface area (Å²) in [7, 11) is -3.64. The number of amides is 1. The highest BCUT2D eigenvalue weighted by Crippen LogP contribution is 2.18.